The zero-order chi connectivity index (χ0) is 29.5. The van der Waals surface area contributed by atoms with Crippen molar-refractivity contribution in [1.82, 2.24) is 0 Å². The summed E-state index contributed by atoms with van der Waals surface area (Å²) in [5, 5.41) is 30.2. The monoisotopic (exact) mass is 724 g/mol. The quantitative estimate of drug-likeness (QED) is 0.0622. The third kappa shape index (κ3) is 13.4. The Morgan fingerprint density at radius 2 is 1.00 bits per heavy atom. The fourth-order valence-corrected chi connectivity index (χ4v) is 4.93. The van der Waals surface area contributed by atoms with Crippen LogP contribution in [0.3, 0.4) is 0 Å². The average molecular weight is 728 g/mol. The standard InChI is InChI=1S/C26H30N8S2.4ClH.Zn/c1-3-33-17-19-35-25(33)31-29-23-11-7-21(8-12-23)27-15-5-6-16-28-22-9-13-24(14-10-22)30-32-26-34(4-2)18-20-36-26;;;;;/h7-14,17-20H,3-6,15-16H2,1-2H3;4*1H;/q;;;;;+2/p-2. The molecule has 0 aliphatic rings. The Kier molecular flexibility index (Phi) is 14.9. The summed E-state index contributed by atoms with van der Waals surface area (Å²) in [6.07, 6.45) is 6.21. The fraction of sp³-hybridized carbons (Fsp3) is 0.308. The van der Waals surface area contributed by atoms with E-state index in [0.29, 0.717) is 0 Å². The molecule has 0 fully saturated rings. The van der Waals surface area contributed by atoms with Gasteiger partial charge in [-0.3, -0.25) is 0 Å². The van der Waals surface area contributed by atoms with Gasteiger partial charge in [0.15, 0.2) is 0 Å². The van der Waals surface area contributed by atoms with Crippen molar-refractivity contribution in [2.45, 2.75) is 39.8 Å². The summed E-state index contributed by atoms with van der Waals surface area (Å²) in [5.41, 5.74) is 3.89. The molecular weight excluding hydrogens is 696 g/mol. The number of aromatic nitrogens is 2. The predicted molar refractivity (Wildman–Crippen MR) is 171 cm³/mol. The third-order valence-corrected chi connectivity index (χ3v) is 7.07. The molecule has 0 bridgehead atoms. The number of azo groups is 2. The first-order valence-electron chi connectivity index (χ1n) is 13.3. The molecule has 0 saturated carbocycles. The van der Waals surface area contributed by atoms with Crippen molar-refractivity contribution in [3.63, 3.8) is 0 Å². The number of nitrogens with one attached hydrogen (secondary N) is 2. The minimum atomic E-state index is -3.36. The van der Waals surface area contributed by atoms with Crippen LogP contribution >= 0.6 is 61.4 Å². The second-order valence-electron chi connectivity index (χ2n) is 8.60. The van der Waals surface area contributed by atoms with E-state index in [2.05, 4.69) is 54.1 Å². The number of nitrogens with zero attached hydrogens (tertiary/aromatic N) is 6. The predicted octanol–water partition coefficient (Wildman–Crippen LogP) is 10.3. The van der Waals surface area contributed by atoms with Crippen LogP contribution in [0.2, 0.25) is 0 Å². The maximum absolute atomic E-state index is 5.05. The number of thiazole rings is 2. The van der Waals surface area contributed by atoms with Crippen molar-refractivity contribution < 1.29 is 19.9 Å². The molecule has 8 nitrogen and oxygen atoms in total. The van der Waals surface area contributed by atoms with Gasteiger partial charge in [0.05, 0.1) is 23.3 Å². The summed E-state index contributed by atoms with van der Waals surface area (Å²) in [5.74, 6) is 0. The van der Waals surface area contributed by atoms with Crippen molar-refractivity contribution in [2.75, 3.05) is 23.7 Å². The van der Waals surface area contributed by atoms with Crippen LogP contribution in [0, 0.1) is 0 Å². The number of hydrogen-bond donors (Lipinski definition) is 2. The molecule has 2 aromatic heterocycles. The van der Waals surface area contributed by atoms with E-state index in [1.54, 1.807) is 22.7 Å². The molecule has 0 radical (unpaired) electrons. The van der Waals surface area contributed by atoms with Gasteiger partial charge in [-0.25, -0.2) is 9.13 Å². The number of rotatable bonds is 13. The molecule has 0 aliphatic heterocycles. The molecule has 2 aromatic carbocycles. The van der Waals surface area contributed by atoms with Gasteiger partial charge in [0.2, 0.25) is 0 Å². The summed E-state index contributed by atoms with van der Waals surface area (Å²) in [6, 6.07) is 16.2. The summed E-state index contributed by atoms with van der Waals surface area (Å²) >= 11 is 3.18. The SMILES string of the molecule is CC[n+]1ccsc1N=Nc1ccc(NCCCCNc2ccc(N=Nc3scc[n+]3CC)cc2)cc1.[Cl][Zn-2]([Cl])([Cl])[Cl]. The minimum absolute atomic E-state index is 0.851. The summed E-state index contributed by atoms with van der Waals surface area (Å²) < 4.78 is 4.16. The normalized spacial score (nSPS) is 11.6. The van der Waals surface area contributed by atoms with Gasteiger partial charge in [-0.2, -0.15) is 0 Å². The first-order chi connectivity index (χ1) is 19.7. The molecule has 4 rings (SSSR count). The molecule has 2 N–H and O–H groups in total. The molecule has 2 heterocycles. The molecule has 41 heavy (non-hydrogen) atoms. The molecule has 0 amide bonds. The zero-order valence-corrected chi connectivity index (χ0v) is 30.5. The number of hydrogen-bond acceptors (Lipinski definition) is 8. The zero-order valence-electron chi connectivity index (χ0n) is 22.9. The molecule has 15 heteroatoms. The fourth-order valence-electron chi connectivity index (χ4n) is 3.44. The molecule has 0 aliphatic carbocycles. The molecule has 0 atom stereocenters. The van der Waals surface area contributed by atoms with Crippen LogP contribution in [-0.4, -0.2) is 13.1 Å². The number of benzene rings is 2. The maximum atomic E-state index is 5.05. The van der Waals surface area contributed by atoms with Gasteiger partial charge in [-0.1, -0.05) is 0 Å². The van der Waals surface area contributed by atoms with Crippen molar-refractivity contribution in [3.8, 4) is 0 Å². The average Bonchev–Trinajstić information content (AvgIpc) is 3.62. The second-order valence-corrected chi connectivity index (χ2v) is 38.1. The van der Waals surface area contributed by atoms with Crippen molar-refractivity contribution in [3.05, 3.63) is 71.7 Å². The summed E-state index contributed by atoms with van der Waals surface area (Å²) in [6.45, 7) is 7.84. The van der Waals surface area contributed by atoms with Gasteiger partial charge in [-0.05, 0) is 108 Å². The summed E-state index contributed by atoms with van der Waals surface area (Å²) in [7, 11) is 16.8. The van der Waals surface area contributed by atoms with Gasteiger partial charge < -0.3 is 10.6 Å². The van der Waals surface area contributed by atoms with Crippen LogP contribution in [0.1, 0.15) is 26.7 Å². The van der Waals surface area contributed by atoms with E-state index in [-0.39, 0.29) is 0 Å². The van der Waals surface area contributed by atoms with Crippen LogP contribution in [-0.2, 0) is 23.9 Å². The van der Waals surface area contributed by atoms with E-state index >= 15 is 0 Å². The second kappa shape index (κ2) is 18.1. The van der Waals surface area contributed by atoms with E-state index in [4.69, 9.17) is 38.8 Å². The van der Waals surface area contributed by atoms with E-state index in [1.807, 2.05) is 71.7 Å². The van der Waals surface area contributed by atoms with Crippen LogP contribution in [0.15, 0.2) is 92.1 Å². The Morgan fingerprint density at radius 3 is 1.34 bits per heavy atom. The number of halogens is 4. The van der Waals surface area contributed by atoms with Gasteiger partial charge >= 0.3 is 59.8 Å². The van der Waals surface area contributed by atoms with Gasteiger partial charge in [0.25, 0.3) is 0 Å². The van der Waals surface area contributed by atoms with E-state index in [0.717, 1.165) is 72.0 Å². The Balaban J connectivity index is 0.000000850. The number of anilines is 2. The van der Waals surface area contributed by atoms with Gasteiger partial charge in [0.1, 0.15) is 23.8 Å². The van der Waals surface area contributed by atoms with Crippen LogP contribution in [0.5, 0.6) is 0 Å². The molecule has 0 spiro atoms. The Labute approximate surface area is 268 Å². The van der Waals surface area contributed by atoms with Crippen molar-refractivity contribution in [2.24, 2.45) is 20.5 Å². The van der Waals surface area contributed by atoms with Crippen molar-refractivity contribution >= 4 is 94.5 Å². The van der Waals surface area contributed by atoms with Crippen LogP contribution in [0.4, 0.5) is 33.0 Å². The van der Waals surface area contributed by atoms with E-state index < -0.39 is 10.8 Å². The first-order valence-corrected chi connectivity index (χ1v) is 30.6. The molecule has 218 valence electrons. The Bertz CT molecular complexity index is 1270. The van der Waals surface area contributed by atoms with E-state index in [9.17, 15) is 0 Å². The number of aryl methyl sites for hydroxylation is 2. The summed E-state index contributed by atoms with van der Waals surface area (Å²) in [4.78, 5) is 0. The van der Waals surface area contributed by atoms with E-state index in [1.165, 1.54) is 0 Å². The topological polar surface area (TPSA) is 81.3 Å². The van der Waals surface area contributed by atoms with Crippen LogP contribution < -0.4 is 19.8 Å². The molecule has 0 saturated heterocycles. The third-order valence-electron chi connectivity index (χ3n) is 5.50. The van der Waals surface area contributed by atoms with Crippen molar-refractivity contribution in [1.29, 1.82) is 0 Å². The number of unbranched alkanes of at least 4 members (excludes halogenated alkanes) is 1. The Morgan fingerprint density at radius 1 is 0.634 bits per heavy atom. The van der Waals surface area contributed by atoms with Gasteiger partial charge in [-0.15, -0.1) is 0 Å². The first kappa shape index (κ1) is 33.8. The van der Waals surface area contributed by atoms with Gasteiger partial charge in [0, 0.05) is 35.2 Å². The molecule has 4 aromatic rings. The van der Waals surface area contributed by atoms with Crippen LogP contribution in [0.25, 0.3) is 0 Å². The molecular formula is C26H32Cl4N8S2Zn. The molecule has 0 unspecified atom stereocenters. The Hall–Kier alpha value is -1.72.